The molecule has 0 saturated heterocycles. The fraction of sp³-hybridized carbons (Fsp3) is 0.556. The molecule has 0 radical (unpaired) electrons. The molecule has 0 saturated carbocycles. The highest BCUT2D eigenvalue weighted by atomic mass is 15.3. The van der Waals surface area contributed by atoms with Crippen LogP contribution < -0.4 is 10.2 Å². The average molecular weight is 272 g/mol. The van der Waals surface area contributed by atoms with Gasteiger partial charge in [-0.3, -0.25) is 0 Å². The number of nitrogens with zero attached hydrogens (tertiary/aromatic N) is 1. The summed E-state index contributed by atoms with van der Waals surface area (Å²) in [6.07, 6.45) is 5.83. The van der Waals surface area contributed by atoms with Crippen LogP contribution in [0.2, 0.25) is 0 Å². The molecule has 2 rings (SSSR count). The van der Waals surface area contributed by atoms with Gasteiger partial charge in [0, 0.05) is 18.1 Å². The van der Waals surface area contributed by atoms with Crippen LogP contribution in [0.4, 0.5) is 5.69 Å². The average Bonchev–Trinajstić information content (AvgIpc) is 2.91. The van der Waals surface area contributed by atoms with Crippen LogP contribution in [0.25, 0.3) is 0 Å². The molecule has 2 unspecified atom stereocenters. The molecule has 0 amide bonds. The van der Waals surface area contributed by atoms with Crippen molar-refractivity contribution in [3.05, 3.63) is 40.2 Å². The topological polar surface area (TPSA) is 15.3 Å². The van der Waals surface area contributed by atoms with Gasteiger partial charge in [0.1, 0.15) is 6.17 Å². The lowest BCUT2D eigenvalue weighted by molar-refractivity contribution is 0.418. The van der Waals surface area contributed by atoms with Gasteiger partial charge in [-0.1, -0.05) is 13.8 Å². The first kappa shape index (κ1) is 15.0. The van der Waals surface area contributed by atoms with Crippen molar-refractivity contribution in [3.8, 4) is 0 Å². The molecule has 0 aliphatic carbocycles. The van der Waals surface area contributed by atoms with E-state index in [4.69, 9.17) is 0 Å². The molecule has 2 nitrogen and oxygen atoms in total. The molecule has 1 N–H and O–H groups in total. The highest BCUT2D eigenvalue weighted by Crippen LogP contribution is 2.36. The third-order valence-corrected chi connectivity index (χ3v) is 5.20. The van der Waals surface area contributed by atoms with Crippen molar-refractivity contribution in [1.29, 1.82) is 0 Å². The quantitative estimate of drug-likeness (QED) is 0.872. The van der Waals surface area contributed by atoms with Gasteiger partial charge in [-0.2, -0.15) is 0 Å². The molecule has 0 fully saturated rings. The van der Waals surface area contributed by atoms with E-state index in [9.17, 15) is 0 Å². The first-order chi connectivity index (χ1) is 9.40. The van der Waals surface area contributed by atoms with Crippen molar-refractivity contribution in [2.24, 2.45) is 5.92 Å². The van der Waals surface area contributed by atoms with Crippen molar-refractivity contribution in [1.82, 2.24) is 5.32 Å². The van der Waals surface area contributed by atoms with Crippen LogP contribution in [-0.2, 0) is 0 Å². The van der Waals surface area contributed by atoms with Gasteiger partial charge < -0.3 is 10.2 Å². The summed E-state index contributed by atoms with van der Waals surface area (Å²) in [6.45, 7) is 15.8. The van der Waals surface area contributed by atoms with Gasteiger partial charge in [0.05, 0.1) is 0 Å². The summed E-state index contributed by atoms with van der Waals surface area (Å²) in [7, 11) is 0. The summed E-state index contributed by atoms with van der Waals surface area (Å²) in [6, 6.07) is 0. The Labute approximate surface area is 123 Å². The predicted octanol–water partition coefficient (Wildman–Crippen LogP) is 4.48. The number of hydrogen-bond donors (Lipinski definition) is 1. The molecule has 2 atom stereocenters. The molecule has 20 heavy (non-hydrogen) atoms. The molecule has 1 heterocycles. The second-order valence-corrected chi connectivity index (χ2v) is 6.19. The second kappa shape index (κ2) is 5.51. The van der Waals surface area contributed by atoms with E-state index in [2.05, 4.69) is 71.1 Å². The van der Waals surface area contributed by atoms with Crippen LogP contribution in [0, 0.1) is 40.5 Å². The highest BCUT2D eigenvalue weighted by Gasteiger charge is 2.28. The van der Waals surface area contributed by atoms with Gasteiger partial charge in [-0.15, -0.1) is 0 Å². The van der Waals surface area contributed by atoms with Crippen LogP contribution in [0.1, 0.15) is 48.1 Å². The molecule has 1 aliphatic rings. The fourth-order valence-electron chi connectivity index (χ4n) is 3.14. The summed E-state index contributed by atoms with van der Waals surface area (Å²) in [5, 5.41) is 3.51. The normalized spacial score (nSPS) is 19.4. The van der Waals surface area contributed by atoms with Crippen molar-refractivity contribution < 1.29 is 0 Å². The molecule has 1 aromatic rings. The second-order valence-electron chi connectivity index (χ2n) is 6.19. The Kier molecular flexibility index (Phi) is 4.12. The minimum atomic E-state index is 0.374. The van der Waals surface area contributed by atoms with Crippen molar-refractivity contribution in [2.45, 2.75) is 61.1 Å². The molecule has 1 aliphatic heterocycles. The Morgan fingerprint density at radius 3 is 2.00 bits per heavy atom. The molecule has 0 aromatic heterocycles. The number of rotatable bonds is 3. The van der Waals surface area contributed by atoms with E-state index in [1.807, 2.05) is 0 Å². The monoisotopic (exact) mass is 272 g/mol. The summed E-state index contributed by atoms with van der Waals surface area (Å²) < 4.78 is 0. The van der Waals surface area contributed by atoms with Gasteiger partial charge in [0.15, 0.2) is 0 Å². The molecule has 2 heteroatoms. The van der Waals surface area contributed by atoms with E-state index >= 15 is 0 Å². The molecular weight excluding hydrogens is 244 g/mol. The molecular formula is C18H28N2. The Hall–Kier alpha value is -1.44. The molecule has 1 aromatic carbocycles. The maximum absolute atomic E-state index is 3.51. The lowest BCUT2D eigenvalue weighted by Gasteiger charge is -2.34. The van der Waals surface area contributed by atoms with Crippen LogP contribution in [-0.4, -0.2) is 6.17 Å². The lowest BCUT2D eigenvalue weighted by atomic mass is 9.91. The zero-order valence-electron chi connectivity index (χ0n) is 14.0. The summed E-state index contributed by atoms with van der Waals surface area (Å²) >= 11 is 0. The van der Waals surface area contributed by atoms with Crippen molar-refractivity contribution in [2.75, 3.05) is 4.90 Å². The lowest BCUT2D eigenvalue weighted by Crippen LogP contribution is -2.41. The van der Waals surface area contributed by atoms with E-state index in [0.717, 1.165) is 0 Å². The summed E-state index contributed by atoms with van der Waals surface area (Å²) in [4.78, 5) is 2.43. The van der Waals surface area contributed by atoms with Gasteiger partial charge in [-0.25, -0.2) is 0 Å². The first-order valence-corrected chi connectivity index (χ1v) is 7.68. The van der Waals surface area contributed by atoms with Crippen molar-refractivity contribution in [3.63, 3.8) is 0 Å². The zero-order chi connectivity index (χ0) is 15.0. The van der Waals surface area contributed by atoms with E-state index in [0.29, 0.717) is 12.1 Å². The third kappa shape index (κ3) is 2.21. The highest BCUT2D eigenvalue weighted by molar-refractivity contribution is 5.68. The van der Waals surface area contributed by atoms with Crippen molar-refractivity contribution >= 4 is 5.69 Å². The van der Waals surface area contributed by atoms with Gasteiger partial charge in [-0.05, 0) is 74.8 Å². The zero-order valence-corrected chi connectivity index (χ0v) is 14.0. The van der Waals surface area contributed by atoms with Crippen LogP contribution in [0.3, 0.4) is 0 Å². The van der Waals surface area contributed by atoms with E-state index < -0.39 is 0 Å². The SMILES string of the molecule is CCC(C)C1NC=CN1c1c(C)c(C)c(C)c(C)c1C. The van der Waals surface area contributed by atoms with Crippen LogP contribution in [0.15, 0.2) is 12.4 Å². The van der Waals surface area contributed by atoms with Gasteiger partial charge in [0.2, 0.25) is 0 Å². The first-order valence-electron chi connectivity index (χ1n) is 7.68. The molecule has 0 bridgehead atoms. The van der Waals surface area contributed by atoms with Crippen LogP contribution in [0.5, 0.6) is 0 Å². The maximum atomic E-state index is 3.51. The Balaban J connectivity index is 2.55. The maximum Gasteiger partial charge on any atom is 0.105 e. The predicted molar refractivity (Wildman–Crippen MR) is 88.1 cm³/mol. The Bertz CT molecular complexity index is 514. The smallest absolute Gasteiger partial charge is 0.105 e. The minimum absolute atomic E-state index is 0.374. The Morgan fingerprint density at radius 1 is 1.00 bits per heavy atom. The number of hydrogen-bond acceptors (Lipinski definition) is 2. The van der Waals surface area contributed by atoms with Gasteiger partial charge >= 0.3 is 0 Å². The largest absolute Gasteiger partial charge is 0.369 e. The summed E-state index contributed by atoms with van der Waals surface area (Å²) in [5.74, 6) is 0.616. The number of benzene rings is 1. The number of nitrogens with one attached hydrogen (secondary N) is 1. The molecule has 0 spiro atoms. The standard InChI is InChI=1S/C18H28N2/c1-8-11(2)18-19-9-10-20(18)17-15(6)13(4)12(3)14(5)16(17)7/h9-11,18-19H,8H2,1-7H3. The van der Waals surface area contributed by atoms with E-state index in [-0.39, 0.29) is 0 Å². The molecule has 110 valence electrons. The Morgan fingerprint density at radius 2 is 1.50 bits per heavy atom. The van der Waals surface area contributed by atoms with Gasteiger partial charge in [0.25, 0.3) is 0 Å². The van der Waals surface area contributed by atoms with E-state index in [1.54, 1.807) is 0 Å². The fourth-order valence-corrected chi connectivity index (χ4v) is 3.14. The summed E-state index contributed by atoms with van der Waals surface area (Å²) in [5.41, 5.74) is 8.48. The minimum Gasteiger partial charge on any atom is -0.369 e. The number of anilines is 1. The van der Waals surface area contributed by atoms with Crippen LogP contribution >= 0.6 is 0 Å². The third-order valence-electron chi connectivity index (χ3n) is 5.20. The van der Waals surface area contributed by atoms with E-state index in [1.165, 1.54) is 39.9 Å².